The van der Waals surface area contributed by atoms with Crippen molar-refractivity contribution in [3.05, 3.63) is 64.0 Å². The van der Waals surface area contributed by atoms with E-state index in [1.165, 1.54) is 11.3 Å². The maximum Gasteiger partial charge on any atom is 0.303 e. The summed E-state index contributed by atoms with van der Waals surface area (Å²) in [6, 6.07) is 14.1. The normalized spacial score (nSPS) is 11.5. The first-order valence-electron chi connectivity index (χ1n) is 8.01. The molecule has 8 heteroatoms. The molecule has 0 radical (unpaired) electrons. The Bertz CT molecular complexity index is 1030. The molecule has 0 bridgehead atoms. The molecule has 2 aromatic carbocycles. The molecule has 1 amide bonds. The molecule has 0 saturated heterocycles. The fourth-order valence-electron chi connectivity index (χ4n) is 2.57. The average molecular weight is 403 g/mol. The minimum Gasteiger partial charge on any atom is -0.481 e. The zero-order valence-electron chi connectivity index (χ0n) is 14.0. The summed E-state index contributed by atoms with van der Waals surface area (Å²) in [4.78, 5) is 23.6. The van der Waals surface area contributed by atoms with E-state index < -0.39 is 5.97 Å². The van der Waals surface area contributed by atoms with Crippen LogP contribution in [0, 0.1) is 0 Å². The first kappa shape index (κ1) is 18.9. The van der Waals surface area contributed by atoms with Crippen molar-refractivity contribution >= 4 is 56.3 Å². The van der Waals surface area contributed by atoms with Crippen molar-refractivity contribution in [1.82, 2.24) is 0 Å². The number of carbonyl (C=O) groups is 2. The Morgan fingerprint density at radius 1 is 1.07 bits per heavy atom. The summed E-state index contributed by atoms with van der Waals surface area (Å²) >= 11 is 7.64. The predicted molar refractivity (Wildman–Crippen MR) is 106 cm³/mol. The number of fused-ring (bicyclic) bond motifs is 1. The third-order valence-corrected chi connectivity index (χ3v) is 5.59. The van der Waals surface area contributed by atoms with Crippen LogP contribution in [0.1, 0.15) is 28.1 Å². The molecule has 3 rings (SSSR count). The molecule has 0 fully saturated rings. The van der Waals surface area contributed by atoms with Crippen molar-refractivity contribution in [3.8, 4) is 0 Å². The number of aliphatic carboxylic acids is 1. The number of thiophene rings is 1. The van der Waals surface area contributed by atoms with Gasteiger partial charge in [0, 0.05) is 22.2 Å². The number of halogens is 1. The van der Waals surface area contributed by atoms with Crippen LogP contribution in [0.4, 0.5) is 5.69 Å². The number of nitrogens with zero attached hydrogens (tertiary/aromatic N) is 1. The van der Waals surface area contributed by atoms with Crippen LogP contribution in [0.3, 0.4) is 0 Å². The SMILES string of the molecule is O=C(O)CCC(=NO)c1ccc(NC(=O)c2sc3ccccc3c2Cl)cc1. The summed E-state index contributed by atoms with van der Waals surface area (Å²) < 4.78 is 0.935. The van der Waals surface area contributed by atoms with Crippen LogP contribution in [0.5, 0.6) is 0 Å². The van der Waals surface area contributed by atoms with Crippen molar-refractivity contribution in [2.75, 3.05) is 5.32 Å². The van der Waals surface area contributed by atoms with Crippen molar-refractivity contribution in [2.24, 2.45) is 5.16 Å². The zero-order chi connectivity index (χ0) is 19.4. The molecule has 0 aliphatic carbocycles. The van der Waals surface area contributed by atoms with Crippen LogP contribution < -0.4 is 5.32 Å². The molecule has 0 spiro atoms. The quantitative estimate of drug-likeness (QED) is 0.312. The predicted octanol–water partition coefficient (Wildman–Crippen LogP) is 4.85. The number of hydrogen-bond acceptors (Lipinski definition) is 5. The van der Waals surface area contributed by atoms with Crippen LogP contribution in [-0.2, 0) is 4.79 Å². The highest BCUT2D eigenvalue weighted by Crippen LogP contribution is 2.35. The Kier molecular flexibility index (Phi) is 5.73. The van der Waals surface area contributed by atoms with Crippen LogP contribution in [0.25, 0.3) is 10.1 Å². The Labute approximate surface area is 163 Å². The van der Waals surface area contributed by atoms with E-state index in [0.717, 1.165) is 10.1 Å². The van der Waals surface area contributed by atoms with Gasteiger partial charge < -0.3 is 15.6 Å². The van der Waals surface area contributed by atoms with Gasteiger partial charge in [-0.2, -0.15) is 0 Å². The van der Waals surface area contributed by atoms with E-state index in [9.17, 15) is 9.59 Å². The Morgan fingerprint density at radius 3 is 2.41 bits per heavy atom. The summed E-state index contributed by atoms with van der Waals surface area (Å²) in [5.74, 6) is -1.28. The molecule has 3 aromatic rings. The molecular formula is C19H15ClN2O4S. The maximum absolute atomic E-state index is 12.5. The topological polar surface area (TPSA) is 99.0 Å². The van der Waals surface area contributed by atoms with Gasteiger partial charge in [-0.3, -0.25) is 9.59 Å². The van der Waals surface area contributed by atoms with Gasteiger partial charge in [0.15, 0.2) is 0 Å². The highest BCUT2D eigenvalue weighted by atomic mass is 35.5. The molecule has 0 aliphatic rings. The fraction of sp³-hybridized carbons (Fsp3) is 0.105. The van der Waals surface area contributed by atoms with Gasteiger partial charge in [0.1, 0.15) is 4.88 Å². The number of nitrogens with one attached hydrogen (secondary N) is 1. The monoisotopic (exact) mass is 402 g/mol. The van der Waals surface area contributed by atoms with Crippen LogP contribution in [0.15, 0.2) is 53.7 Å². The van der Waals surface area contributed by atoms with E-state index in [1.54, 1.807) is 24.3 Å². The van der Waals surface area contributed by atoms with Gasteiger partial charge >= 0.3 is 5.97 Å². The summed E-state index contributed by atoms with van der Waals surface area (Å²) in [5.41, 5.74) is 1.40. The van der Waals surface area contributed by atoms with E-state index >= 15 is 0 Å². The molecule has 0 atom stereocenters. The second-order valence-electron chi connectivity index (χ2n) is 5.71. The molecule has 3 N–H and O–H groups in total. The lowest BCUT2D eigenvalue weighted by atomic mass is 10.1. The molecule has 0 aliphatic heterocycles. The molecule has 27 heavy (non-hydrogen) atoms. The highest BCUT2D eigenvalue weighted by Gasteiger charge is 2.17. The minimum atomic E-state index is -0.972. The van der Waals surface area contributed by atoms with Gasteiger partial charge in [0.05, 0.1) is 17.2 Å². The molecule has 0 unspecified atom stereocenters. The van der Waals surface area contributed by atoms with Crippen LogP contribution in [0.2, 0.25) is 5.02 Å². The van der Waals surface area contributed by atoms with Gasteiger partial charge in [-0.15, -0.1) is 11.3 Å². The van der Waals surface area contributed by atoms with E-state index in [0.29, 0.717) is 21.2 Å². The van der Waals surface area contributed by atoms with Crippen molar-refractivity contribution in [1.29, 1.82) is 0 Å². The largest absolute Gasteiger partial charge is 0.481 e. The number of carbonyl (C=O) groups excluding carboxylic acids is 1. The van der Waals surface area contributed by atoms with E-state index in [2.05, 4.69) is 10.5 Å². The number of rotatable bonds is 6. The lowest BCUT2D eigenvalue weighted by molar-refractivity contribution is -0.136. The number of benzene rings is 2. The molecule has 6 nitrogen and oxygen atoms in total. The number of carboxylic acids is 1. The Hall–Kier alpha value is -2.90. The second-order valence-corrected chi connectivity index (χ2v) is 7.14. The standard InChI is InChI=1S/C19H15ClN2O4S/c20-17-13-3-1-2-4-15(13)27-18(17)19(25)21-12-7-5-11(6-8-12)14(22-26)9-10-16(23)24/h1-8,26H,9-10H2,(H,21,25)(H,23,24). The van der Waals surface area contributed by atoms with E-state index in [4.69, 9.17) is 21.9 Å². The number of oxime groups is 1. The summed E-state index contributed by atoms with van der Waals surface area (Å²) in [5, 5.41) is 25.0. The number of hydrogen-bond donors (Lipinski definition) is 3. The van der Waals surface area contributed by atoms with Crippen LogP contribution in [-0.4, -0.2) is 27.9 Å². The van der Waals surface area contributed by atoms with Crippen molar-refractivity contribution in [2.45, 2.75) is 12.8 Å². The van der Waals surface area contributed by atoms with Crippen LogP contribution >= 0.6 is 22.9 Å². The Balaban J connectivity index is 1.74. The van der Waals surface area contributed by atoms with Crippen molar-refractivity contribution < 1.29 is 19.9 Å². The number of anilines is 1. The van der Waals surface area contributed by atoms with E-state index in [-0.39, 0.29) is 24.5 Å². The summed E-state index contributed by atoms with van der Waals surface area (Å²) in [6.45, 7) is 0. The molecular weight excluding hydrogens is 388 g/mol. The van der Waals surface area contributed by atoms with E-state index in [1.807, 2.05) is 24.3 Å². The Morgan fingerprint density at radius 2 is 1.78 bits per heavy atom. The fourth-order valence-corrected chi connectivity index (χ4v) is 3.98. The van der Waals surface area contributed by atoms with Gasteiger partial charge in [0.2, 0.25) is 0 Å². The van der Waals surface area contributed by atoms with Gasteiger partial charge in [-0.05, 0) is 23.8 Å². The lowest BCUT2D eigenvalue weighted by Crippen LogP contribution is -2.11. The molecule has 1 aromatic heterocycles. The van der Waals surface area contributed by atoms with Crippen molar-refractivity contribution in [3.63, 3.8) is 0 Å². The molecule has 1 heterocycles. The number of amides is 1. The third-order valence-electron chi connectivity index (χ3n) is 3.91. The zero-order valence-corrected chi connectivity index (χ0v) is 15.5. The molecule has 0 saturated carbocycles. The summed E-state index contributed by atoms with van der Waals surface area (Å²) in [6.07, 6.45) is -0.0305. The smallest absolute Gasteiger partial charge is 0.303 e. The second kappa shape index (κ2) is 8.20. The first-order chi connectivity index (χ1) is 13.0. The van der Waals surface area contributed by atoms with Gasteiger partial charge in [-0.25, -0.2) is 0 Å². The average Bonchev–Trinajstić information content (AvgIpc) is 3.00. The first-order valence-corrected chi connectivity index (χ1v) is 9.20. The molecule has 138 valence electrons. The maximum atomic E-state index is 12.5. The number of carboxylic acid groups (broad SMARTS) is 1. The third kappa shape index (κ3) is 4.27. The lowest BCUT2D eigenvalue weighted by Gasteiger charge is -2.07. The van der Waals surface area contributed by atoms with Gasteiger partial charge in [-0.1, -0.05) is 47.1 Å². The van der Waals surface area contributed by atoms with Gasteiger partial charge in [0.25, 0.3) is 5.91 Å². The minimum absolute atomic E-state index is 0.106. The highest BCUT2D eigenvalue weighted by molar-refractivity contribution is 7.21. The summed E-state index contributed by atoms with van der Waals surface area (Å²) in [7, 11) is 0.